The summed E-state index contributed by atoms with van der Waals surface area (Å²) >= 11 is 2.20. The lowest BCUT2D eigenvalue weighted by Gasteiger charge is -2.42. The van der Waals surface area contributed by atoms with E-state index in [0.717, 1.165) is 4.43 Å². The molecule has 0 fully saturated rings. The minimum Gasteiger partial charge on any atom is -0.347 e. The van der Waals surface area contributed by atoms with Crippen LogP contribution in [0.2, 0.25) is 0 Å². The Labute approximate surface area is 148 Å². The summed E-state index contributed by atoms with van der Waals surface area (Å²) in [6.45, 7) is 13.3. The molecule has 0 aliphatic rings. The lowest BCUT2D eigenvalue weighted by atomic mass is 9.73. The van der Waals surface area contributed by atoms with Gasteiger partial charge in [-0.25, -0.2) is 0 Å². The standard InChI is InChI=1S/C15H28INO4S/c1-7-13(18)17-15(6,14(3,4)5)8-9-22(19,20)21-11-12(2)10-16/h7,12H,1,8-11H2,2-6H3,(H,17,18). The number of hydrogen-bond donors (Lipinski definition) is 1. The number of halogens is 1. The third-order valence-corrected chi connectivity index (χ3v) is 6.59. The van der Waals surface area contributed by atoms with E-state index in [4.69, 9.17) is 4.18 Å². The summed E-state index contributed by atoms with van der Waals surface area (Å²) in [6, 6.07) is 0. The Morgan fingerprint density at radius 3 is 2.32 bits per heavy atom. The summed E-state index contributed by atoms with van der Waals surface area (Å²) in [4.78, 5) is 11.6. The maximum absolute atomic E-state index is 12.0. The van der Waals surface area contributed by atoms with Crippen LogP contribution < -0.4 is 5.32 Å². The van der Waals surface area contributed by atoms with Crippen LogP contribution in [0.3, 0.4) is 0 Å². The van der Waals surface area contributed by atoms with Crippen molar-refractivity contribution in [3.63, 3.8) is 0 Å². The Balaban J connectivity index is 4.90. The molecule has 0 aromatic heterocycles. The highest BCUT2D eigenvalue weighted by molar-refractivity contribution is 14.1. The molecule has 0 spiro atoms. The third kappa shape index (κ3) is 7.41. The first-order valence-corrected chi connectivity index (χ1v) is 10.3. The molecule has 0 aromatic rings. The fourth-order valence-electron chi connectivity index (χ4n) is 1.60. The van der Waals surface area contributed by atoms with Crippen LogP contribution in [0.5, 0.6) is 0 Å². The molecule has 0 aliphatic heterocycles. The number of nitrogens with one attached hydrogen (secondary N) is 1. The zero-order valence-corrected chi connectivity index (χ0v) is 17.1. The highest BCUT2D eigenvalue weighted by Crippen LogP contribution is 2.33. The Bertz CT molecular complexity index is 484. The van der Waals surface area contributed by atoms with E-state index in [1.54, 1.807) is 0 Å². The summed E-state index contributed by atoms with van der Waals surface area (Å²) in [7, 11) is -3.60. The Morgan fingerprint density at radius 2 is 1.91 bits per heavy atom. The van der Waals surface area contributed by atoms with Crippen molar-refractivity contribution in [1.29, 1.82) is 0 Å². The summed E-state index contributed by atoms with van der Waals surface area (Å²) < 4.78 is 29.9. The van der Waals surface area contributed by atoms with Gasteiger partial charge in [-0.1, -0.05) is 56.9 Å². The first kappa shape index (κ1) is 21.9. The molecule has 5 nitrogen and oxygen atoms in total. The molecule has 0 aliphatic carbocycles. The Hall–Kier alpha value is -0.150. The first-order chi connectivity index (χ1) is 9.87. The molecule has 130 valence electrons. The molecule has 0 heterocycles. The van der Waals surface area contributed by atoms with Gasteiger partial charge in [0.15, 0.2) is 0 Å². The topological polar surface area (TPSA) is 72.5 Å². The normalized spacial score (nSPS) is 16.6. The molecule has 2 unspecified atom stereocenters. The van der Waals surface area contributed by atoms with Crippen molar-refractivity contribution in [2.24, 2.45) is 11.3 Å². The summed E-state index contributed by atoms with van der Waals surface area (Å²) in [6.07, 6.45) is 1.47. The average Bonchev–Trinajstić information content (AvgIpc) is 2.41. The third-order valence-electron chi connectivity index (χ3n) is 3.89. The second kappa shape index (κ2) is 8.63. The molecular weight excluding hydrogens is 417 g/mol. The number of carbonyl (C=O) groups is 1. The molecule has 22 heavy (non-hydrogen) atoms. The van der Waals surface area contributed by atoms with Crippen LogP contribution in [-0.4, -0.2) is 36.7 Å². The van der Waals surface area contributed by atoms with Gasteiger partial charge in [0, 0.05) is 9.97 Å². The quantitative estimate of drug-likeness (QED) is 0.257. The lowest BCUT2D eigenvalue weighted by molar-refractivity contribution is -0.119. The lowest BCUT2D eigenvalue weighted by Crippen LogP contribution is -2.55. The van der Waals surface area contributed by atoms with Gasteiger partial charge in [0.05, 0.1) is 12.4 Å². The fourth-order valence-corrected chi connectivity index (χ4v) is 3.07. The van der Waals surface area contributed by atoms with Gasteiger partial charge in [0.25, 0.3) is 10.1 Å². The van der Waals surface area contributed by atoms with Gasteiger partial charge in [-0.2, -0.15) is 8.42 Å². The summed E-state index contributed by atoms with van der Waals surface area (Å²) in [5.74, 6) is -0.259. The molecule has 0 saturated heterocycles. The Morgan fingerprint density at radius 1 is 1.36 bits per heavy atom. The van der Waals surface area contributed by atoms with Gasteiger partial charge >= 0.3 is 0 Å². The second-order valence-corrected chi connectivity index (χ2v) is 9.47. The van der Waals surface area contributed by atoms with Crippen molar-refractivity contribution >= 4 is 38.6 Å². The SMILES string of the molecule is C=CC(=O)NC(C)(CCS(=O)(=O)OCC(C)CI)C(C)(C)C. The van der Waals surface area contributed by atoms with E-state index < -0.39 is 15.7 Å². The maximum Gasteiger partial charge on any atom is 0.267 e. The Kier molecular flexibility index (Phi) is 8.57. The van der Waals surface area contributed by atoms with Gasteiger partial charge in [-0.15, -0.1) is 0 Å². The van der Waals surface area contributed by atoms with Gasteiger partial charge in [-0.05, 0) is 30.8 Å². The van der Waals surface area contributed by atoms with Crippen LogP contribution >= 0.6 is 22.6 Å². The molecule has 7 heteroatoms. The molecule has 2 atom stereocenters. The van der Waals surface area contributed by atoms with Crippen LogP contribution in [0.25, 0.3) is 0 Å². The molecule has 0 bridgehead atoms. The van der Waals surface area contributed by atoms with E-state index >= 15 is 0 Å². The van der Waals surface area contributed by atoms with Crippen molar-refractivity contribution in [2.75, 3.05) is 16.8 Å². The van der Waals surface area contributed by atoms with Crippen LogP contribution in [0.15, 0.2) is 12.7 Å². The summed E-state index contributed by atoms with van der Waals surface area (Å²) in [5, 5.41) is 2.85. The highest BCUT2D eigenvalue weighted by atomic mass is 127. The van der Waals surface area contributed by atoms with Gasteiger partial charge in [-0.3, -0.25) is 8.98 Å². The summed E-state index contributed by atoms with van der Waals surface area (Å²) in [5.41, 5.74) is -0.986. The van der Waals surface area contributed by atoms with E-state index in [0.29, 0.717) is 0 Å². The van der Waals surface area contributed by atoms with Crippen LogP contribution in [0, 0.1) is 11.3 Å². The highest BCUT2D eigenvalue weighted by Gasteiger charge is 2.39. The number of carbonyl (C=O) groups excluding carboxylic acids is 1. The first-order valence-electron chi connectivity index (χ1n) is 7.24. The largest absolute Gasteiger partial charge is 0.347 e. The molecule has 1 N–H and O–H groups in total. The minimum atomic E-state index is -3.60. The molecule has 1 amide bonds. The van der Waals surface area contributed by atoms with Crippen molar-refractivity contribution in [1.82, 2.24) is 5.32 Å². The van der Waals surface area contributed by atoms with E-state index in [2.05, 4.69) is 34.5 Å². The number of hydrogen-bond acceptors (Lipinski definition) is 4. The van der Waals surface area contributed by atoms with Crippen molar-refractivity contribution < 1.29 is 17.4 Å². The maximum atomic E-state index is 12.0. The molecule has 0 rings (SSSR count). The van der Waals surface area contributed by atoms with Gasteiger partial charge in [0.2, 0.25) is 5.91 Å². The monoisotopic (exact) mass is 445 g/mol. The van der Waals surface area contributed by atoms with Crippen LogP contribution in [0.1, 0.15) is 41.0 Å². The van der Waals surface area contributed by atoms with E-state index in [1.807, 2.05) is 34.6 Å². The molecule has 0 saturated carbocycles. The molecule has 0 radical (unpaired) electrons. The van der Waals surface area contributed by atoms with Crippen molar-refractivity contribution in [2.45, 2.75) is 46.6 Å². The fraction of sp³-hybridized carbons (Fsp3) is 0.800. The van der Waals surface area contributed by atoms with Gasteiger partial charge < -0.3 is 5.32 Å². The average molecular weight is 445 g/mol. The molecular formula is C15H28INO4S. The zero-order chi connectivity index (χ0) is 17.6. The number of alkyl halides is 1. The van der Waals surface area contributed by atoms with E-state index in [9.17, 15) is 13.2 Å². The van der Waals surface area contributed by atoms with Gasteiger partial charge in [0.1, 0.15) is 0 Å². The second-order valence-electron chi connectivity index (χ2n) is 6.83. The smallest absolute Gasteiger partial charge is 0.267 e. The van der Waals surface area contributed by atoms with E-state index in [-0.39, 0.29) is 36.0 Å². The van der Waals surface area contributed by atoms with Crippen LogP contribution in [-0.2, 0) is 19.1 Å². The zero-order valence-electron chi connectivity index (χ0n) is 14.1. The van der Waals surface area contributed by atoms with Crippen molar-refractivity contribution in [3.05, 3.63) is 12.7 Å². The number of rotatable bonds is 9. The predicted molar refractivity (Wildman–Crippen MR) is 98.6 cm³/mol. The predicted octanol–water partition coefficient (Wildman–Crippen LogP) is 2.90. The molecule has 0 aromatic carbocycles. The van der Waals surface area contributed by atoms with E-state index in [1.165, 1.54) is 6.08 Å². The minimum absolute atomic E-state index is 0.133. The van der Waals surface area contributed by atoms with Crippen LogP contribution in [0.4, 0.5) is 0 Å². The number of amides is 1. The van der Waals surface area contributed by atoms with Crippen molar-refractivity contribution in [3.8, 4) is 0 Å².